The zero-order valence-corrected chi connectivity index (χ0v) is 18.2. The quantitative estimate of drug-likeness (QED) is 0.376. The number of nitrogens with one attached hydrogen (secondary N) is 2. The van der Waals surface area contributed by atoms with E-state index < -0.39 is 0 Å². The summed E-state index contributed by atoms with van der Waals surface area (Å²) in [5.41, 5.74) is 2.51. The van der Waals surface area contributed by atoms with E-state index in [-0.39, 0.29) is 35.7 Å². The standard InChI is InChI=1S/C20H25FN4O.HI/c1-4-22-20(24-14-16-6-5-7-18(21)12-16)23-13-15-8-10-17(11-9-15)19(26)25(2)3;/h5-12H,4,13-14H2,1-3H3,(H2,22,23,24);1H. The second kappa shape index (κ2) is 11.5. The zero-order valence-electron chi connectivity index (χ0n) is 15.8. The Hall–Kier alpha value is -2.16. The monoisotopic (exact) mass is 484 g/mol. The van der Waals surface area contributed by atoms with Crippen LogP contribution in [0.3, 0.4) is 0 Å². The molecule has 0 aromatic heterocycles. The van der Waals surface area contributed by atoms with Crippen molar-refractivity contribution in [2.45, 2.75) is 20.0 Å². The van der Waals surface area contributed by atoms with Gasteiger partial charge in [-0.25, -0.2) is 9.38 Å². The van der Waals surface area contributed by atoms with Crippen molar-refractivity contribution in [3.63, 3.8) is 0 Å². The van der Waals surface area contributed by atoms with Crippen LogP contribution in [-0.4, -0.2) is 37.4 Å². The van der Waals surface area contributed by atoms with Gasteiger partial charge in [0.15, 0.2) is 5.96 Å². The van der Waals surface area contributed by atoms with Gasteiger partial charge in [-0.2, -0.15) is 0 Å². The van der Waals surface area contributed by atoms with E-state index in [1.807, 2.05) is 37.3 Å². The molecule has 146 valence electrons. The Morgan fingerprint density at radius 2 is 1.78 bits per heavy atom. The maximum Gasteiger partial charge on any atom is 0.253 e. The van der Waals surface area contributed by atoms with Gasteiger partial charge in [0.1, 0.15) is 5.82 Å². The van der Waals surface area contributed by atoms with E-state index in [0.717, 1.165) is 17.7 Å². The minimum absolute atomic E-state index is 0. The predicted molar refractivity (Wildman–Crippen MR) is 118 cm³/mol. The smallest absolute Gasteiger partial charge is 0.253 e. The summed E-state index contributed by atoms with van der Waals surface area (Å²) in [4.78, 5) is 17.9. The molecule has 2 rings (SSSR count). The summed E-state index contributed by atoms with van der Waals surface area (Å²) < 4.78 is 13.2. The van der Waals surface area contributed by atoms with Gasteiger partial charge in [0.25, 0.3) is 5.91 Å². The van der Waals surface area contributed by atoms with Crippen LogP contribution < -0.4 is 10.6 Å². The third-order valence-electron chi connectivity index (χ3n) is 3.72. The summed E-state index contributed by atoms with van der Waals surface area (Å²) >= 11 is 0. The molecule has 1 amide bonds. The Bertz CT molecular complexity index is 763. The number of carbonyl (C=O) groups excluding carboxylic acids is 1. The molecule has 0 aliphatic rings. The SMILES string of the molecule is CCNC(=NCc1cccc(F)c1)NCc1ccc(C(=O)N(C)C)cc1.I. The van der Waals surface area contributed by atoms with Gasteiger partial charge in [-0.15, -0.1) is 24.0 Å². The topological polar surface area (TPSA) is 56.7 Å². The fraction of sp³-hybridized carbons (Fsp3) is 0.300. The average molecular weight is 484 g/mol. The van der Waals surface area contributed by atoms with Gasteiger partial charge in [0, 0.05) is 32.7 Å². The molecule has 0 saturated heterocycles. The van der Waals surface area contributed by atoms with Crippen molar-refractivity contribution < 1.29 is 9.18 Å². The van der Waals surface area contributed by atoms with Crippen LogP contribution in [0, 0.1) is 5.82 Å². The van der Waals surface area contributed by atoms with Crippen molar-refractivity contribution in [1.29, 1.82) is 0 Å². The number of hydrogen-bond donors (Lipinski definition) is 2. The molecule has 0 aliphatic carbocycles. The lowest BCUT2D eigenvalue weighted by atomic mass is 10.1. The first-order chi connectivity index (χ1) is 12.5. The second-order valence-corrected chi connectivity index (χ2v) is 6.08. The average Bonchev–Trinajstić information content (AvgIpc) is 2.64. The second-order valence-electron chi connectivity index (χ2n) is 6.08. The molecule has 0 saturated carbocycles. The zero-order chi connectivity index (χ0) is 18.9. The lowest BCUT2D eigenvalue weighted by Gasteiger charge is -2.13. The molecule has 0 spiro atoms. The number of amides is 1. The van der Waals surface area contributed by atoms with E-state index in [9.17, 15) is 9.18 Å². The van der Waals surface area contributed by atoms with E-state index >= 15 is 0 Å². The minimum atomic E-state index is -0.261. The highest BCUT2D eigenvalue weighted by Crippen LogP contribution is 2.07. The van der Waals surface area contributed by atoms with Crippen molar-refractivity contribution in [2.75, 3.05) is 20.6 Å². The number of rotatable bonds is 6. The molecule has 7 heteroatoms. The number of halogens is 2. The first-order valence-electron chi connectivity index (χ1n) is 8.57. The molecule has 0 unspecified atom stereocenters. The fourth-order valence-corrected chi connectivity index (χ4v) is 2.36. The van der Waals surface area contributed by atoms with E-state index in [2.05, 4.69) is 15.6 Å². The minimum Gasteiger partial charge on any atom is -0.357 e. The van der Waals surface area contributed by atoms with Crippen LogP contribution in [0.25, 0.3) is 0 Å². The van der Waals surface area contributed by atoms with E-state index in [1.165, 1.54) is 12.1 Å². The first kappa shape index (κ1) is 22.9. The van der Waals surface area contributed by atoms with E-state index in [4.69, 9.17) is 0 Å². The predicted octanol–water partition coefficient (Wildman–Crippen LogP) is 3.40. The van der Waals surface area contributed by atoms with E-state index in [0.29, 0.717) is 24.6 Å². The maximum absolute atomic E-state index is 13.2. The van der Waals surface area contributed by atoms with Gasteiger partial charge in [-0.3, -0.25) is 4.79 Å². The summed E-state index contributed by atoms with van der Waals surface area (Å²) in [7, 11) is 3.46. The van der Waals surface area contributed by atoms with Crippen LogP contribution in [0.15, 0.2) is 53.5 Å². The Morgan fingerprint density at radius 3 is 2.37 bits per heavy atom. The van der Waals surface area contributed by atoms with Gasteiger partial charge < -0.3 is 15.5 Å². The normalized spacial score (nSPS) is 10.7. The van der Waals surface area contributed by atoms with Crippen LogP contribution in [-0.2, 0) is 13.1 Å². The molecule has 27 heavy (non-hydrogen) atoms. The molecule has 2 aromatic rings. The molecule has 0 heterocycles. The van der Waals surface area contributed by atoms with Crippen LogP contribution in [0.4, 0.5) is 4.39 Å². The van der Waals surface area contributed by atoms with Crippen LogP contribution in [0.2, 0.25) is 0 Å². The van der Waals surface area contributed by atoms with Crippen molar-refractivity contribution in [3.8, 4) is 0 Å². The summed E-state index contributed by atoms with van der Waals surface area (Å²) in [6.07, 6.45) is 0. The Morgan fingerprint density at radius 1 is 1.07 bits per heavy atom. The highest BCUT2D eigenvalue weighted by Gasteiger charge is 2.07. The number of nitrogens with zero attached hydrogens (tertiary/aromatic N) is 2. The lowest BCUT2D eigenvalue weighted by molar-refractivity contribution is 0.0827. The molecule has 0 bridgehead atoms. The first-order valence-corrected chi connectivity index (χ1v) is 8.57. The van der Waals surface area contributed by atoms with Crippen LogP contribution in [0.5, 0.6) is 0 Å². The summed E-state index contributed by atoms with van der Waals surface area (Å²) in [6, 6.07) is 13.9. The Kier molecular flexibility index (Phi) is 9.77. The third-order valence-corrected chi connectivity index (χ3v) is 3.72. The number of benzene rings is 2. The third kappa shape index (κ3) is 7.54. The summed E-state index contributed by atoms with van der Waals surface area (Å²) in [5, 5.41) is 6.41. The molecular weight excluding hydrogens is 458 g/mol. The van der Waals surface area contributed by atoms with Crippen LogP contribution in [0.1, 0.15) is 28.4 Å². The van der Waals surface area contributed by atoms with Gasteiger partial charge in [-0.05, 0) is 42.3 Å². The van der Waals surface area contributed by atoms with Crippen molar-refractivity contribution in [2.24, 2.45) is 4.99 Å². The number of aliphatic imine (C=N–C) groups is 1. The summed E-state index contributed by atoms with van der Waals surface area (Å²) in [6.45, 7) is 3.68. The maximum atomic E-state index is 13.2. The molecule has 0 aliphatic heterocycles. The number of carbonyl (C=O) groups is 1. The fourth-order valence-electron chi connectivity index (χ4n) is 2.36. The van der Waals surface area contributed by atoms with Crippen LogP contribution >= 0.6 is 24.0 Å². The van der Waals surface area contributed by atoms with Crippen molar-refractivity contribution in [1.82, 2.24) is 15.5 Å². The van der Waals surface area contributed by atoms with Gasteiger partial charge in [0.05, 0.1) is 6.54 Å². The molecule has 2 aromatic carbocycles. The largest absolute Gasteiger partial charge is 0.357 e. The van der Waals surface area contributed by atoms with E-state index in [1.54, 1.807) is 25.1 Å². The summed E-state index contributed by atoms with van der Waals surface area (Å²) in [5.74, 6) is 0.378. The Labute approximate surface area is 177 Å². The number of hydrogen-bond acceptors (Lipinski definition) is 2. The molecule has 2 N–H and O–H groups in total. The highest BCUT2D eigenvalue weighted by molar-refractivity contribution is 14.0. The van der Waals surface area contributed by atoms with Crippen molar-refractivity contribution in [3.05, 3.63) is 71.0 Å². The lowest BCUT2D eigenvalue weighted by Crippen LogP contribution is -2.36. The number of guanidine groups is 1. The van der Waals surface area contributed by atoms with Gasteiger partial charge in [0.2, 0.25) is 0 Å². The molecular formula is C20H26FIN4O. The molecule has 0 fully saturated rings. The Balaban J connectivity index is 0.00000364. The molecule has 5 nitrogen and oxygen atoms in total. The molecule has 0 radical (unpaired) electrons. The van der Waals surface area contributed by atoms with Gasteiger partial charge >= 0.3 is 0 Å². The highest BCUT2D eigenvalue weighted by atomic mass is 127. The van der Waals surface area contributed by atoms with Gasteiger partial charge in [-0.1, -0.05) is 24.3 Å². The van der Waals surface area contributed by atoms with Crippen molar-refractivity contribution >= 4 is 35.8 Å². The molecule has 0 atom stereocenters.